The number of ether oxygens (including phenoxy) is 2. The zero-order valence-corrected chi connectivity index (χ0v) is 14.9. The molecule has 2 rings (SSSR count). The van der Waals surface area contributed by atoms with Crippen LogP contribution in [0.4, 0.5) is 0 Å². The molecule has 0 radical (unpaired) electrons. The largest absolute Gasteiger partial charge is 0.465 e. The van der Waals surface area contributed by atoms with Crippen LogP contribution in [0.25, 0.3) is 0 Å². The number of allylic oxidation sites excluding steroid dienone is 2. The molecule has 130 valence electrons. The van der Waals surface area contributed by atoms with Gasteiger partial charge in [0.25, 0.3) is 0 Å². The van der Waals surface area contributed by atoms with Gasteiger partial charge in [-0.1, -0.05) is 25.5 Å². The van der Waals surface area contributed by atoms with E-state index in [1.807, 2.05) is 0 Å². The Balaban J connectivity index is 2.34. The van der Waals surface area contributed by atoms with Crippen LogP contribution in [0, 0.1) is 16.7 Å². The number of hydrogen-bond acceptors (Lipinski definition) is 4. The summed E-state index contributed by atoms with van der Waals surface area (Å²) in [6.07, 6.45) is 7.96. The third-order valence-electron chi connectivity index (χ3n) is 5.36. The molecule has 2 aliphatic carbocycles. The molecule has 0 spiro atoms. The monoisotopic (exact) mass is 322 g/mol. The van der Waals surface area contributed by atoms with Gasteiger partial charge in [-0.05, 0) is 63.7 Å². The van der Waals surface area contributed by atoms with Gasteiger partial charge >= 0.3 is 11.9 Å². The van der Waals surface area contributed by atoms with Crippen molar-refractivity contribution in [2.24, 2.45) is 16.7 Å². The Kier molecular flexibility index (Phi) is 5.53. The third kappa shape index (κ3) is 3.46. The highest BCUT2D eigenvalue weighted by atomic mass is 16.6. The lowest BCUT2D eigenvalue weighted by Gasteiger charge is -2.30. The highest BCUT2D eigenvalue weighted by Crippen LogP contribution is 2.57. The zero-order valence-electron chi connectivity index (χ0n) is 14.9. The fourth-order valence-corrected chi connectivity index (χ4v) is 4.34. The molecule has 4 heteroatoms. The maximum absolute atomic E-state index is 12.7. The van der Waals surface area contributed by atoms with Crippen molar-refractivity contribution in [1.82, 2.24) is 0 Å². The molecule has 0 amide bonds. The van der Waals surface area contributed by atoms with Gasteiger partial charge in [0.05, 0.1) is 13.2 Å². The van der Waals surface area contributed by atoms with E-state index in [4.69, 9.17) is 9.47 Å². The lowest BCUT2D eigenvalue weighted by molar-refractivity contribution is -0.172. The summed E-state index contributed by atoms with van der Waals surface area (Å²) in [7, 11) is 0. The quantitative estimate of drug-likeness (QED) is 0.435. The van der Waals surface area contributed by atoms with Crippen LogP contribution >= 0.6 is 0 Å². The van der Waals surface area contributed by atoms with Crippen LogP contribution in [0.5, 0.6) is 0 Å². The van der Waals surface area contributed by atoms with E-state index in [1.165, 1.54) is 18.4 Å². The van der Waals surface area contributed by atoms with Crippen molar-refractivity contribution in [3.05, 3.63) is 11.6 Å². The first-order valence-corrected chi connectivity index (χ1v) is 8.90. The van der Waals surface area contributed by atoms with Crippen LogP contribution < -0.4 is 0 Å². The topological polar surface area (TPSA) is 52.6 Å². The van der Waals surface area contributed by atoms with Crippen LogP contribution in [-0.2, 0) is 19.1 Å². The minimum absolute atomic E-state index is 0.108. The number of hydrogen-bond donors (Lipinski definition) is 0. The molecule has 0 aromatic heterocycles. The fraction of sp³-hybridized carbons (Fsp3) is 0.789. The van der Waals surface area contributed by atoms with Gasteiger partial charge in [0.2, 0.25) is 0 Å². The van der Waals surface area contributed by atoms with Crippen molar-refractivity contribution in [3.63, 3.8) is 0 Å². The molecule has 0 N–H and O–H groups in total. The Hall–Kier alpha value is -1.32. The minimum Gasteiger partial charge on any atom is -0.465 e. The maximum Gasteiger partial charge on any atom is 0.323 e. The molecule has 1 fully saturated rings. The van der Waals surface area contributed by atoms with Gasteiger partial charge < -0.3 is 9.47 Å². The van der Waals surface area contributed by atoms with Crippen molar-refractivity contribution in [3.8, 4) is 0 Å². The SMILES string of the molecule is CCOC(=O)C1(C(=O)OCC)CC(C2=CCCCC2)C(C)(C)C1. The first kappa shape index (κ1) is 18.0. The lowest BCUT2D eigenvalue weighted by Crippen LogP contribution is -2.40. The standard InChI is InChI=1S/C19H30O4/c1-5-22-16(20)19(17(21)23-6-2)12-15(18(3,4)13-19)14-10-8-7-9-11-14/h10,15H,5-9,11-13H2,1-4H3. The first-order valence-electron chi connectivity index (χ1n) is 8.90. The summed E-state index contributed by atoms with van der Waals surface area (Å²) in [6.45, 7) is 8.44. The van der Waals surface area contributed by atoms with Gasteiger partial charge in [0.15, 0.2) is 5.41 Å². The Labute approximate surface area is 139 Å². The van der Waals surface area contributed by atoms with E-state index < -0.39 is 17.4 Å². The Morgan fingerprint density at radius 1 is 1.13 bits per heavy atom. The number of rotatable bonds is 5. The molecular formula is C19H30O4. The minimum atomic E-state index is -1.14. The van der Waals surface area contributed by atoms with Crippen LogP contribution in [0.3, 0.4) is 0 Å². The predicted molar refractivity (Wildman–Crippen MR) is 88.8 cm³/mol. The van der Waals surface area contributed by atoms with Crippen LogP contribution in [-0.4, -0.2) is 25.2 Å². The molecular weight excluding hydrogens is 292 g/mol. The Bertz CT molecular complexity index is 472. The molecule has 0 aromatic rings. The van der Waals surface area contributed by atoms with Crippen molar-refractivity contribution < 1.29 is 19.1 Å². The average molecular weight is 322 g/mol. The van der Waals surface area contributed by atoms with E-state index in [0.29, 0.717) is 12.8 Å². The Morgan fingerprint density at radius 2 is 1.74 bits per heavy atom. The van der Waals surface area contributed by atoms with Crippen molar-refractivity contribution in [2.75, 3.05) is 13.2 Å². The number of carbonyl (C=O) groups is 2. The summed E-state index contributed by atoms with van der Waals surface area (Å²) in [5.74, 6) is -0.576. The second-order valence-corrected chi connectivity index (χ2v) is 7.47. The van der Waals surface area contributed by atoms with E-state index in [9.17, 15) is 9.59 Å². The van der Waals surface area contributed by atoms with Gasteiger partial charge in [-0.25, -0.2) is 0 Å². The molecule has 1 saturated carbocycles. The van der Waals surface area contributed by atoms with Gasteiger partial charge in [-0.15, -0.1) is 0 Å². The fourth-order valence-electron chi connectivity index (χ4n) is 4.34. The first-order chi connectivity index (χ1) is 10.9. The van der Waals surface area contributed by atoms with Crippen LogP contribution in [0.15, 0.2) is 11.6 Å². The predicted octanol–water partition coefficient (Wildman–Crippen LogP) is 4.04. The van der Waals surface area contributed by atoms with Crippen molar-refractivity contribution in [2.45, 2.75) is 66.2 Å². The van der Waals surface area contributed by atoms with E-state index in [-0.39, 0.29) is 24.5 Å². The molecule has 4 nitrogen and oxygen atoms in total. The lowest BCUT2D eigenvalue weighted by atomic mass is 9.74. The molecule has 23 heavy (non-hydrogen) atoms. The van der Waals surface area contributed by atoms with E-state index >= 15 is 0 Å². The smallest absolute Gasteiger partial charge is 0.323 e. The summed E-state index contributed by atoms with van der Waals surface area (Å²) < 4.78 is 10.5. The number of esters is 2. The summed E-state index contributed by atoms with van der Waals surface area (Å²) in [5.41, 5.74) is 0.165. The summed E-state index contributed by atoms with van der Waals surface area (Å²) in [5, 5.41) is 0. The third-order valence-corrected chi connectivity index (χ3v) is 5.36. The maximum atomic E-state index is 12.7. The van der Waals surface area contributed by atoms with Crippen molar-refractivity contribution >= 4 is 11.9 Å². The van der Waals surface area contributed by atoms with E-state index in [0.717, 1.165) is 12.8 Å². The summed E-state index contributed by atoms with van der Waals surface area (Å²) in [4.78, 5) is 25.3. The summed E-state index contributed by atoms with van der Waals surface area (Å²) >= 11 is 0. The highest BCUT2D eigenvalue weighted by Gasteiger charge is 2.60. The van der Waals surface area contributed by atoms with Crippen LogP contribution in [0.1, 0.15) is 66.2 Å². The molecule has 0 heterocycles. The average Bonchev–Trinajstić information content (AvgIpc) is 2.82. The molecule has 0 aliphatic heterocycles. The molecule has 1 unspecified atom stereocenters. The zero-order chi connectivity index (χ0) is 17.1. The van der Waals surface area contributed by atoms with Gasteiger partial charge in [0.1, 0.15) is 0 Å². The van der Waals surface area contributed by atoms with Gasteiger partial charge in [-0.3, -0.25) is 9.59 Å². The van der Waals surface area contributed by atoms with Gasteiger partial charge in [0, 0.05) is 0 Å². The second-order valence-electron chi connectivity index (χ2n) is 7.47. The molecule has 2 aliphatic rings. The second kappa shape index (κ2) is 7.06. The number of carbonyl (C=O) groups excluding carboxylic acids is 2. The molecule has 0 saturated heterocycles. The Morgan fingerprint density at radius 3 is 2.22 bits per heavy atom. The van der Waals surface area contributed by atoms with Crippen molar-refractivity contribution in [1.29, 1.82) is 0 Å². The van der Waals surface area contributed by atoms with Gasteiger partial charge in [-0.2, -0.15) is 0 Å². The van der Waals surface area contributed by atoms with E-state index in [1.54, 1.807) is 13.8 Å². The molecule has 1 atom stereocenters. The molecule has 0 bridgehead atoms. The highest BCUT2D eigenvalue weighted by molar-refractivity contribution is 6.00. The van der Waals surface area contributed by atoms with E-state index in [2.05, 4.69) is 19.9 Å². The normalized spacial score (nSPS) is 25.6. The van der Waals surface area contributed by atoms with Crippen LogP contribution in [0.2, 0.25) is 0 Å². The molecule has 0 aromatic carbocycles. The summed E-state index contributed by atoms with van der Waals surface area (Å²) in [6, 6.07) is 0.